The Kier molecular flexibility index (Phi) is 13.0. The molecule has 266 valence electrons. The highest BCUT2D eigenvalue weighted by Crippen LogP contribution is 2.57. The summed E-state index contributed by atoms with van der Waals surface area (Å²) in [7, 11) is 0. The van der Waals surface area contributed by atoms with Crippen LogP contribution in [0.1, 0.15) is 84.1 Å². The van der Waals surface area contributed by atoms with E-state index in [1.54, 1.807) is 0 Å². The standard InChI is InChI=1S/C35H48INO11/c1-21(38)43-20-28-31(45-22(2)39)32(46-23(3)40)30(37-34(41)44-19-24-9-5-4-6-10-24)33(47-28)42-12-8-7-11-29(36)48-35-16-25-13-26(17-35)15-27(14-25)18-35/h4-6,9-10,25-33H,7-8,11-20H2,1-3H3,(H,37,41)/t25?,26?,27?,28-,29?,30+,31-,32-,33-,35?/m1/s1. The maximum Gasteiger partial charge on any atom is 0.407 e. The lowest BCUT2D eigenvalue weighted by Crippen LogP contribution is -2.66. The van der Waals surface area contributed by atoms with Crippen LogP contribution in [-0.2, 0) is 54.1 Å². The Balaban J connectivity index is 1.21. The van der Waals surface area contributed by atoms with E-state index in [2.05, 4.69) is 27.9 Å². The smallest absolute Gasteiger partial charge is 0.407 e. The number of ether oxygens (including phenoxy) is 7. The van der Waals surface area contributed by atoms with Gasteiger partial charge in [-0.2, -0.15) is 0 Å². The summed E-state index contributed by atoms with van der Waals surface area (Å²) in [5.74, 6) is 0.532. The average Bonchev–Trinajstić information content (AvgIpc) is 3.00. The van der Waals surface area contributed by atoms with Crippen molar-refractivity contribution in [2.24, 2.45) is 17.8 Å². The number of hydrogen-bond acceptors (Lipinski definition) is 11. The van der Waals surface area contributed by atoms with Crippen LogP contribution in [0.5, 0.6) is 0 Å². The van der Waals surface area contributed by atoms with E-state index in [1.807, 2.05) is 30.3 Å². The van der Waals surface area contributed by atoms with Crippen molar-refractivity contribution in [3.05, 3.63) is 35.9 Å². The van der Waals surface area contributed by atoms with Gasteiger partial charge in [0.1, 0.15) is 29.5 Å². The van der Waals surface area contributed by atoms with Crippen LogP contribution in [0.2, 0.25) is 0 Å². The van der Waals surface area contributed by atoms with Gasteiger partial charge in [-0.1, -0.05) is 52.9 Å². The minimum atomic E-state index is -1.23. The van der Waals surface area contributed by atoms with Crippen molar-refractivity contribution in [3.8, 4) is 0 Å². The molecule has 13 heteroatoms. The van der Waals surface area contributed by atoms with E-state index in [-0.39, 0.29) is 29.5 Å². The van der Waals surface area contributed by atoms with E-state index in [0.29, 0.717) is 6.42 Å². The van der Waals surface area contributed by atoms with Crippen LogP contribution in [-0.4, -0.2) is 77.6 Å². The molecule has 0 radical (unpaired) electrons. The highest BCUT2D eigenvalue weighted by Gasteiger charge is 2.53. The maximum absolute atomic E-state index is 13.0. The molecule has 1 N–H and O–H groups in total. The molecule has 6 atom stereocenters. The lowest BCUT2D eigenvalue weighted by Gasteiger charge is -2.56. The van der Waals surface area contributed by atoms with Crippen molar-refractivity contribution in [2.45, 2.75) is 126 Å². The molecule has 0 aromatic heterocycles. The molecule has 1 heterocycles. The van der Waals surface area contributed by atoms with E-state index in [1.165, 1.54) is 59.3 Å². The number of unbranched alkanes of at least 4 members (excludes halogenated alkanes) is 1. The second-order valence-corrected chi connectivity index (χ2v) is 15.1. The van der Waals surface area contributed by atoms with Gasteiger partial charge in [0, 0.05) is 27.4 Å². The summed E-state index contributed by atoms with van der Waals surface area (Å²) in [5.41, 5.74) is 0.819. The molecule has 1 amide bonds. The summed E-state index contributed by atoms with van der Waals surface area (Å²) in [5, 5.41) is 2.71. The fourth-order valence-electron chi connectivity index (χ4n) is 8.21. The molecule has 1 aliphatic heterocycles. The first-order chi connectivity index (χ1) is 23.0. The SMILES string of the molecule is CC(=O)OC[C@H]1O[C@@H](OCCCCC(I)OC23CC4CC(CC(C4)C2)C3)[C@@H](NC(=O)OCc2ccccc2)[C@@H](OC(C)=O)[C@@H]1OC(C)=O. The molecule has 5 aliphatic rings. The molecule has 12 nitrogen and oxygen atoms in total. The molecule has 5 fully saturated rings. The van der Waals surface area contributed by atoms with Crippen LogP contribution >= 0.6 is 22.6 Å². The van der Waals surface area contributed by atoms with Gasteiger partial charge in [-0.25, -0.2) is 4.79 Å². The maximum atomic E-state index is 13.0. The van der Waals surface area contributed by atoms with Gasteiger partial charge in [0.2, 0.25) is 0 Å². The van der Waals surface area contributed by atoms with Crippen molar-refractivity contribution in [3.63, 3.8) is 0 Å². The summed E-state index contributed by atoms with van der Waals surface area (Å²) in [6, 6.07) is 8.02. The molecular formula is C35H48INO11. The third-order valence-corrected chi connectivity index (χ3v) is 10.5. The Hall–Kier alpha value is -2.49. The predicted molar refractivity (Wildman–Crippen MR) is 180 cm³/mol. The van der Waals surface area contributed by atoms with E-state index in [9.17, 15) is 19.2 Å². The Morgan fingerprint density at radius 2 is 1.50 bits per heavy atom. The van der Waals surface area contributed by atoms with E-state index in [4.69, 9.17) is 33.2 Å². The van der Waals surface area contributed by atoms with Crippen LogP contribution in [0, 0.1) is 17.8 Å². The molecule has 4 aliphatic carbocycles. The molecule has 1 aromatic carbocycles. The number of carbonyl (C=O) groups is 4. The van der Waals surface area contributed by atoms with Crippen LogP contribution in [0.4, 0.5) is 4.79 Å². The minimum Gasteiger partial charge on any atom is -0.463 e. The first-order valence-corrected chi connectivity index (χ1v) is 18.3. The number of alkyl halides is 1. The topological polar surface area (TPSA) is 145 Å². The lowest BCUT2D eigenvalue weighted by atomic mass is 9.54. The minimum absolute atomic E-state index is 0.00471. The van der Waals surface area contributed by atoms with Gasteiger partial charge < -0.3 is 38.5 Å². The third kappa shape index (κ3) is 10.3. The number of halogens is 1. The van der Waals surface area contributed by atoms with Gasteiger partial charge in [0.15, 0.2) is 18.5 Å². The fraction of sp³-hybridized carbons (Fsp3) is 0.714. The van der Waals surface area contributed by atoms with Crippen molar-refractivity contribution in [1.29, 1.82) is 0 Å². The first kappa shape index (κ1) is 36.8. The molecule has 4 saturated carbocycles. The van der Waals surface area contributed by atoms with Gasteiger partial charge in [-0.15, -0.1) is 0 Å². The number of nitrogens with one attached hydrogen (secondary N) is 1. The van der Waals surface area contributed by atoms with E-state index >= 15 is 0 Å². The molecule has 0 spiro atoms. The quantitative estimate of drug-likeness (QED) is 0.0807. The second kappa shape index (κ2) is 16.9. The van der Waals surface area contributed by atoms with Crippen molar-refractivity contribution in [2.75, 3.05) is 13.2 Å². The first-order valence-electron chi connectivity index (χ1n) is 17.0. The fourth-order valence-corrected chi connectivity index (χ4v) is 9.19. The Bertz CT molecular complexity index is 1230. The summed E-state index contributed by atoms with van der Waals surface area (Å²) in [6.07, 6.45) is 4.61. The van der Waals surface area contributed by atoms with Crippen LogP contribution in [0.15, 0.2) is 30.3 Å². The predicted octanol–water partition coefficient (Wildman–Crippen LogP) is 5.37. The van der Waals surface area contributed by atoms with Crippen molar-refractivity contribution < 1.29 is 52.3 Å². The number of benzene rings is 1. The molecule has 4 bridgehead atoms. The molecule has 1 saturated heterocycles. The molecule has 1 aromatic rings. The highest BCUT2D eigenvalue weighted by molar-refractivity contribution is 14.1. The zero-order chi connectivity index (χ0) is 34.3. The summed E-state index contributed by atoms with van der Waals surface area (Å²) in [4.78, 5) is 49.1. The summed E-state index contributed by atoms with van der Waals surface area (Å²) < 4.78 is 40.9. The average molecular weight is 786 g/mol. The lowest BCUT2D eigenvalue weighted by molar-refractivity contribution is -0.277. The zero-order valence-corrected chi connectivity index (χ0v) is 30.1. The zero-order valence-electron chi connectivity index (χ0n) is 27.9. The van der Waals surface area contributed by atoms with Crippen molar-refractivity contribution in [1.82, 2.24) is 5.32 Å². The largest absolute Gasteiger partial charge is 0.463 e. The van der Waals surface area contributed by atoms with E-state index in [0.717, 1.165) is 36.2 Å². The number of esters is 3. The summed E-state index contributed by atoms with van der Waals surface area (Å²) in [6.45, 7) is 3.59. The van der Waals surface area contributed by atoms with Crippen LogP contribution in [0.25, 0.3) is 0 Å². The molecule has 1 unspecified atom stereocenters. The molecule has 48 heavy (non-hydrogen) atoms. The van der Waals surface area contributed by atoms with Gasteiger partial charge in [-0.05, 0) is 81.1 Å². The normalized spacial score (nSPS) is 32.6. The number of hydrogen-bond donors (Lipinski definition) is 1. The van der Waals surface area contributed by atoms with Gasteiger partial charge in [0.05, 0.1) is 5.60 Å². The van der Waals surface area contributed by atoms with Gasteiger partial charge in [0.25, 0.3) is 0 Å². The Morgan fingerprint density at radius 3 is 2.10 bits per heavy atom. The number of carbonyl (C=O) groups excluding carboxylic acids is 4. The number of rotatable bonds is 15. The van der Waals surface area contributed by atoms with Crippen LogP contribution in [0.3, 0.4) is 0 Å². The number of alkyl carbamates (subject to hydrolysis) is 1. The second-order valence-electron chi connectivity index (χ2n) is 13.7. The Labute approximate surface area is 295 Å². The number of amides is 1. The Morgan fingerprint density at radius 1 is 0.875 bits per heavy atom. The van der Waals surface area contributed by atoms with Crippen molar-refractivity contribution >= 4 is 46.6 Å². The van der Waals surface area contributed by atoms with E-state index < -0.39 is 54.6 Å². The van der Waals surface area contributed by atoms with Crippen LogP contribution < -0.4 is 5.32 Å². The van der Waals surface area contributed by atoms with Gasteiger partial charge in [-0.3, -0.25) is 14.4 Å². The highest BCUT2D eigenvalue weighted by atomic mass is 127. The molecule has 6 rings (SSSR count). The summed E-state index contributed by atoms with van der Waals surface area (Å²) >= 11 is 2.42. The van der Waals surface area contributed by atoms with Gasteiger partial charge >= 0.3 is 24.0 Å². The molecular weight excluding hydrogens is 737 g/mol. The monoisotopic (exact) mass is 785 g/mol. The third-order valence-electron chi connectivity index (χ3n) is 9.67.